The van der Waals surface area contributed by atoms with Crippen LogP contribution in [-0.2, 0) is 11.2 Å². The highest BCUT2D eigenvalue weighted by Gasteiger charge is 2.09. The van der Waals surface area contributed by atoms with Gasteiger partial charge in [-0.25, -0.2) is 0 Å². The summed E-state index contributed by atoms with van der Waals surface area (Å²) in [5.74, 6) is 0.304. The Bertz CT molecular complexity index is 324. The first kappa shape index (κ1) is 12.9. The molecule has 84 valence electrons. The van der Waals surface area contributed by atoms with Crippen LogP contribution in [0.2, 0.25) is 0 Å². The van der Waals surface area contributed by atoms with Crippen molar-refractivity contribution < 1.29 is 4.79 Å². The first-order chi connectivity index (χ1) is 7.11. The molecule has 1 N–H and O–H groups in total. The summed E-state index contributed by atoms with van der Waals surface area (Å²) in [7, 11) is 0. The average molecular weight is 290 g/mol. The van der Waals surface area contributed by atoms with Crippen molar-refractivity contribution in [3.63, 3.8) is 0 Å². The van der Waals surface area contributed by atoms with Crippen molar-refractivity contribution in [2.75, 3.05) is 6.54 Å². The zero-order chi connectivity index (χ0) is 11.3. The summed E-state index contributed by atoms with van der Waals surface area (Å²) in [6, 6.07) is 4.27. The monoisotopic (exact) mass is 289 g/mol. The predicted molar refractivity (Wildman–Crippen MR) is 68.5 cm³/mol. The summed E-state index contributed by atoms with van der Waals surface area (Å²) >= 11 is 5.02. The molecule has 0 saturated heterocycles. The number of carbonyl (C=O) groups excluding carboxylic acids is 1. The van der Waals surface area contributed by atoms with Crippen LogP contribution in [0.5, 0.6) is 0 Å². The van der Waals surface area contributed by atoms with Crippen LogP contribution < -0.4 is 5.32 Å². The lowest BCUT2D eigenvalue weighted by Gasteiger charge is -2.10. The zero-order valence-corrected chi connectivity index (χ0v) is 11.5. The lowest BCUT2D eigenvalue weighted by atomic mass is 10.1. The number of hydrogen-bond acceptors (Lipinski definition) is 3. The van der Waals surface area contributed by atoms with Gasteiger partial charge in [0.25, 0.3) is 0 Å². The molecule has 0 fully saturated rings. The summed E-state index contributed by atoms with van der Waals surface area (Å²) in [6.07, 6.45) is 1.18. The molecule has 0 radical (unpaired) electrons. The fourth-order valence-electron chi connectivity index (χ4n) is 1.48. The van der Waals surface area contributed by atoms with E-state index in [1.54, 1.807) is 11.3 Å². The van der Waals surface area contributed by atoms with Gasteiger partial charge in [-0.3, -0.25) is 4.79 Å². The van der Waals surface area contributed by atoms with Gasteiger partial charge in [0, 0.05) is 23.8 Å². The van der Waals surface area contributed by atoms with Crippen molar-refractivity contribution in [2.24, 2.45) is 0 Å². The maximum Gasteiger partial charge on any atom is 0.139 e. The summed E-state index contributed by atoms with van der Waals surface area (Å²) in [4.78, 5) is 12.8. The van der Waals surface area contributed by atoms with E-state index in [-0.39, 0.29) is 6.04 Å². The molecule has 0 aliphatic heterocycles. The van der Waals surface area contributed by atoms with Crippen molar-refractivity contribution in [1.82, 2.24) is 5.32 Å². The molecule has 4 heteroatoms. The molecule has 1 rings (SSSR count). The fraction of sp³-hybridized carbons (Fsp3) is 0.545. The molecule has 0 aliphatic rings. The standard InChI is InChI=1S/C11H16BrNOS/c1-3-13-8(2)6-9(14)7-10-4-5-11(12)15-10/h4-5,8,13H,3,6-7H2,1-2H3. The van der Waals surface area contributed by atoms with Gasteiger partial charge in [0.1, 0.15) is 5.78 Å². The minimum absolute atomic E-state index is 0.283. The highest BCUT2D eigenvalue weighted by atomic mass is 79.9. The Balaban J connectivity index is 2.36. The first-order valence-electron chi connectivity index (χ1n) is 5.11. The van der Waals surface area contributed by atoms with E-state index in [9.17, 15) is 4.79 Å². The highest BCUT2D eigenvalue weighted by Crippen LogP contribution is 2.22. The van der Waals surface area contributed by atoms with E-state index in [0.717, 1.165) is 15.2 Å². The topological polar surface area (TPSA) is 29.1 Å². The number of halogens is 1. The van der Waals surface area contributed by atoms with Crippen LogP contribution >= 0.6 is 27.3 Å². The molecule has 1 heterocycles. The maximum atomic E-state index is 11.7. The fourth-order valence-corrected chi connectivity index (χ4v) is 2.99. The van der Waals surface area contributed by atoms with Gasteiger partial charge in [-0.15, -0.1) is 11.3 Å². The Hall–Kier alpha value is -0.190. The van der Waals surface area contributed by atoms with Crippen LogP contribution in [0.15, 0.2) is 15.9 Å². The largest absolute Gasteiger partial charge is 0.314 e. The number of hydrogen-bond donors (Lipinski definition) is 1. The number of Topliss-reactive ketones (excluding diaryl/α,β-unsaturated/α-hetero) is 1. The minimum Gasteiger partial charge on any atom is -0.314 e. The van der Waals surface area contributed by atoms with Gasteiger partial charge in [-0.1, -0.05) is 6.92 Å². The number of rotatable bonds is 6. The molecule has 1 atom stereocenters. The number of thiophene rings is 1. The lowest BCUT2D eigenvalue weighted by Crippen LogP contribution is -2.28. The van der Waals surface area contributed by atoms with Crippen LogP contribution in [0.25, 0.3) is 0 Å². The molecule has 0 saturated carbocycles. The second kappa shape index (κ2) is 6.40. The molecule has 1 aromatic heterocycles. The number of ketones is 1. The van der Waals surface area contributed by atoms with Gasteiger partial charge in [-0.2, -0.15) is 0 Å². The summed E-state index contributed by atoms with van der Waals surface area (Å²) < 4.78 is 1.09. The van der Waals surface area contributed by atoms with Gasteiger partial charge < -0.3 is 5.32 Å². The van der Waals surface area contributed by atoms with E-state index < -0.39 is 0 Å². The number of nitrogens with one attached hydrogen (secondary N) is 1. The SMILES string of the molecule is CCNC(C)CC(=O)Cc1ccc(Br)s1. The van der Waals surface area contributed by atoms with Crippen molar-refractivity contribution in [1.29, 1.82) is 0 Å². The third kappa shape index (κ3) is 4.91. The molecule has 1 unspecified atom stereocenters. The van der Waals surface area contributed by atoms with Gasteiger partial charge in [0.2, 0.25) is 0 Å². The predicted octanol–water partition coefficient (Wildman–Crippen LogP) is 3.01. The van der Waals surface area contributed by atoms with Gasteiger partial charge >= 0.3 is 0 Å². The zero-order valence-electron chi connectivity index (χ0n) is 9.05. The molecule has 0 aromatic carbocycles. The highest BCUT2D eigenvalue weighted by molar-refractivity contribution is 9.11. The minimum atomic E-state index is 0.283. The van der Waals surface area contributed by atoms with Crippen LogP contribution in [0.4, 0.5) is 0 Å². The Labute approximate surface area is 103 Å². The van der Waals surface area contributed by atoms with Crippen molar-refractivity contribution in [2.45, 2.75) is 32.7 Å². The van der Waals surface area contributed by atoms with E-state index in [1.165, 1.54) is 0 Å². The second-order valence-corrected chi connectivity index (χ2v) is 6.13. The van der Waals surface area contributed by atoms with Crippen molar-refractivity contribution in [3.8, 4) is 0 Å². The van der Waals surface area contributed by atoms with E-state index in [4.69, 9.17) is 0 Å². The van der Waals surface area contributed by atoms with Crippen LogP contribution in [0.3, 0.4) is 0 Å². The molecule has 2 nitrogen and oxygen atoms in total. The molecular weight excluding hydrogens is 274 g/mol. The Morgan fingerprint density at radius 1 is 1.60 bits per heavy atom. The van der Waals surface area contributed by atoms with E-state index in [0.29, 0.717) is 18.6 Å². The molecule has 1 aromatic rings. The molecular formula is C11H16BrNOS. The maximum absolute atomic E-state index is 11.7. The second-order valence-electron chi connectivity index (χ2n) is 3.58. The van der Waals surface area contributed by atoms with Crippen LogP contribution in [0.1, 0.15) is 25.1 Å². The Kier molecular flexibility index (Phi) is 5.50. The lowest BCUT2D eigenvalue weighted by molar-refractivity contribution is -0.118. The summed E-state index contributed by atoms with van der Waals surface area (Å²) in [6.45, 7) is 5.02. The molecule has 0 amide bonds. The summed E-state index contributed by atoms with van der Waals surface area (Å²) in [5, 5.41) is 3.24. The summed E-state index contributed by atoms with van der Waals surface area (Å²) in [5.41, 5.74) is 0. The molecule has 0 spiro atoms. The molecule has 0 bridgehead atoms. The number of carbonyl (C=O) groups is 1. The Morgan fingerprint density at radius 2 is 2.33 bits per heavy atom. The van der Waals surface area contributed by atoms with Crippen molar-refractivity contribution >= 4 is 33.0 Å². The van der Waals surface area contributed by atoms with Gasteiger partial charge in [-0.05, 0) is 41.5 Å². The van der Waals surface area contributed by atoms with Crippen LogP contribution in [0, 0.1) is 0 Å². The Morgan fingerprint density at radius 3 is 2.87 bits per heavy atom. The quantitative estimate of drug-likeness (QED) is 0.872. The first-order valence-corrected chi connectivity index (χ1v) is 6.72. The third-order valence-corrected chi connectivity index (χ3v) is 3.71. The molecule has 0 aliphatic carbocycles. The smallest absolute Gasteiger partial charge is 0.139 e. The third-order valence-electron chi connectivity index (χ3n) is 2.09. The van der Waals surface area contributed by atoms with Gasteiger partial charge in [0.05, 0.1) is 3.79 Å². The molecule has 15 heavy (non-hydrogen) atoms. The van der Waals surface area contributed by atoms with E-state index in [2.05, 4.69) is 28.2 Å². The average Bonchev–Trinajstić information content (AvgIpc) is 2.51. The normalized spacial score (nSPS) is 12.7. The van der Waals surface area contributed by atoms with E-state index >= 15 is 0 Å². The van der Waals surface area contributed by atoms with Crippen LogP contribution in [-0.4, -0.2) is 18.4 Å². The van der Waals surface area contributed by atoms with E-state index in [1.807, 2.05) is 19.1 Å². The van der Waals surface area contributed by atoms with Gasteiger partial charge in [0.15, 0.2) is 0 Å². The van der Waals surface area contributed by atoms with Crippen molar-refractivity contribution in [3.05, 3.63) is 20.8 Å².